The molecule has 2 aromatic rings. The highest BCUT2D eigenvalue weighted by Gasteiger charge is 2.10. The molecule has 0 fully saturated rings. The third kappa shape index (κ3) is 5.88. The number of aryl methyl sites for hydroxylation is 1. The fraction of sp³-hybridized carbons (Fsp3) is 0.278. The van der Waals surface area contributed by atoms with Gasteiger partial charge in [-0.05, 0) is 24.5 Å². The molecule has 0 aliphatic rings. The van der Waals surface area contributed by atoms with Gasteiger partial charge in [0.2, 0.25) is 5.91 Å². The number of hydrogen-bond donors (Lipinski definition) is 2. The molecule has 0 saturated heterocycles. The zero-order valence-electron chi connectivity index (χ0n) is 12.8. The highest BCUT2D eigenvalue weighted by atomic mass is 35.5. The lowest BCUT2D eigenvalue weighted by atomic mass is 10.0. The third-order valence-corrected chi connectivity index (χ3v) is 3.45. The predicted octanol–water partition coefficient (Wildman–Crippen LogP) is 3.17. The van der Waals surface area contributed by atoms with Crippen molar-refractivity contribution in [2.24, 2.45) is 5.73 Å². The van der Waals surface area contributed by atoms with Gasteiger partial charge >= 0.3 is 0 Å². The molecule has 3 nitrogen and oxygen atoms in total. The van der Waals surface area contributed by atoms with Crippen LogP contribution in [0.5, 0.6) is 0 Å². The van der Waals surface area contributed by atoms with Gasteiger partial charge in [-0.15, -0.1) is 12.4 Å². The topological polar surface area (TPSA) is 55.1 Å². The van der Waals surface area contributed by atoms with Crippen molar-refractivity contribution in [2.45, 2.75) is 25.8 Å². The van der Waals surface area contributed by atoms with Crippen molar-refractivity contribution in [3.05, 3.63) is 71.3 Å². The molecule has 0 aliphatic heterocycles. The SMILES string of the molecule is Cc1cccc(CCNC(=O)CC(N)c2ccccc2)c1.Cl. The number of nitrogens with two attached hydrogens (primary N) is 1. The Balaban J connectivity index is 0.00000242. The summed E-state index contributed by atoms with van der Waals surface area (Å²) in [6.45, 7) is 2.71. The number of carbonyl (C=O) groups is 1. The number of nitrogens with one attached hydrogen (secondary N) is 1. The Morgan fingerprint density at radius 2 is 1.86 bits per heavy atom. The normalized spacial score (nSPS) is 11.4. The summed E-state index contributed by atoms with van der Waals surface area (Å²) in [5.41, 5.74) is 9.51. The van der Waals surface area contributed by atoms with Crippen molar-refractivity contribution in [2.75, 3.05) is 6.54 Å². The van der Waals surface area contributed by atoms with E-state index in [4.69, 9.17) is 5.73 Å². The minimum absolute atomic E-state index is 0. The monoisotopic (exact) mass is 318 g/mol. The molecular weight excluding hydrogens is 296 g/mol. The Morgan fingerprint density at radius 1 is 1.14 bits per heavy atom. The molecule has 0 spiro atoms. The Kier molecular flexibility index (Phi) is 7.64. The first-order chi connectivity index (χ1) is 10.1. The lowest BCUT2D eigenvalue weighted by Gasteiger charge is -2.12. The summed E-state index contributed by atoms with van der Waals surface area (Å²) in [6, 6.07) is 17.8. The van der Waals surface area contributed by atoms with Gasteiger partial charge in [0.25, 0.3) is 0 Å². The summed E-state index contributed by atoms with van der Waals surface area (Å²) in [7, 11) is 0. The molecule has 22 heavy (non-hydrogen) atoms. The van der Waals surface area contributed by atoms with Crippen LogP contribution in [0.25, 0.3) is 0 Å². The molecule has 2 aromatic carbocycles. The van der Waals surface area contributed by atoms with E-state index in [1.54, 1.807) is 0 Å². The molecule has 0 aliphatic carbocycles. The number of rotatable bonds is 6. The first kappa shape index (κ1) is 18.2. The summed E-state index contributed by atoms with van der Waals surface area (Å²) in [5, 5.41) is 2.93. The lowest BCUT2D eigenvalue weighted by Crippen LogP contribution is -2.29. The average Bonchev–Trinajstić information content (AvgIpc) is 2.48. The summed E-state index contributed by atoms with van der Waals surface area (Å²) < 4.78 is 0. The van der Waals surface area contributed by atoms with Crippen LogP contribution in [0.3, 0.4) is 0 Å². The molecule has 0 heterocycles. The minimum Gasteiger partial charge on any atom is -0.356 e. The van der Waals surface area contributed by atoms with Crippen LogP contribution in [0.1, 0.15) is 29.2 Å². The van der Waals surface area contributed by atoms with E-state index in [0.717, 1.165) is 12.0 Å². The van der Waals surface area contributed by atoms with Crippen molar-refractivity contribution in [1.82, 2.24) is 5.32 Å². The van der Waals surface area contributed by atoms with Gasteiger partial charge in [0.15, 0.2) is 0 Å². The molecule has 0 bridgehead atoms. The van der Waals surface area contributed by atoms with Crippen molar-refractivity contribution >= 4 is 18.3 Å². The highest BCUT2D eigenvalue weighted by molar-refractivity contribution is 5.85. The smallest absolute Gasteiger partial charge is 0.221 e. The summed E-state index contributed by atoms with van der Waals surface area (Å²) in [5.74, 6) is -0.000920. The van der Waals surface area contributed by atoms with Crippen molar-refractivity contribution in [3.63, 3.8) is 0 Å². The number of hydrogen-bond acceptors (Lipinski definition) is 2. The molecule has 1 atom stereocenters. The molecule has 1 unspecified atom stereocenters. The van der Waals surface area contributed by atoms with Gasteiger partial charge in [0.05, 0.1) is 0 Å². The number of halogens is 1. The second kappa shape index (κ2) is 9.23. The minimum atomic E-state index is -0.245. The van der Waals surface area contributed by atoms with Gasteiger partial charge in [-0.25, -0.2) is 0 Å². The van der Waals surface area contributed by atoms with Gasteiger partial charge < -0.3 is 11.1 Å². The Hall–Kier alpha value is -1.84. The maximum atomic E-state index is 11.9. The largest absolute Gasteiger partial charge is 0.356 e. The molecule has 0 radical (unpaired) electrons. The fourth-order valence-electron chi connectivity index (χ4n) is 2.30. The maximum absolute atomic E-state index is 11.9. The van der Waals surface area contributed by atoms with Gasteiger partial charge in [-0.3, -0.25) is 4.79 Å². The van der Waals surface area contributed by atoms with E-state index in [1.165, 1.54) is 11.1 Å². The van der Waals surface area contributed by atoms with Crippen LogP contribution in [0, 0.1) is 6.92 Å². The van der Waals surface area contributed by atoms with Crippen LogP contribution in [-0.2, 0) is 11.2 Å². The number of amides is 1. The quantitative estimate of drug-likeness (QED) is 0.859. The van der Waals surface area contributed by atoms with E-state index in [1.807, 2.05) is 36.4 Å². The van der Waals surface area contributed by atoms with Crippen LogP contribution in [-0.4, -0.2) is 12.5 Å². The Labute approximate surface area is 138 Å². The molecule has 3 N–H and O–H groups in total. The van der Waals surface area contributed by atoms with Gasteiger partial charge in [0, 0.05) is 19.0 Å². The van der Waals surface area contributed by atoms with Crippen molar-refractivity contribution < 1.29 is 4.79 Å². The zero-order valence-corrected chi connectivity index (χ0v) is 13.6. The zero-order chi connectivity index (χ0) is 15.1. The average molecular weight is 319 g/mol. The molecule has 1 amide bonds. The second-order valence-electron chi connectivity index (χ2n) is 5.31. The predicted molar refractivity (Wildman–Crippen MR) is 93.1 cm³/mol. The highest BCUT2D eigenvalue weighted by Crippen LogP contribution is 2.12. The van der Waals surface area contributed by atoms with E-state index in [-0.39, 0.29) is 24.4 Å². The van der Waals surface area contributed by atoms with Gasteiger partial charge in [-0.1, -0.05) is 60.2 Å². The van der Waals surface area contributed by atoms with Crippen LogP contribution in [0.15, 0.2) is 54.6 Å². The first-order valence-corrected chi connectivity index (χ1v) is 7.28. The fourth-order valence-corrected chi connectivity index (χ4v) is 2.30. The van der Waals surface area contributed by atoms with Gasteiger partial charge in [-0.2, -0.15) is 0 Å². The summed E-state index contributed by atoms with van der Waals surface area (Å²) in [6.07, 6.45) is 1.16. The van der Waals surface area contributed by atoms with Gasteiger partial charge in [0.1, 0.15) is 0 Å². The summed E-state index contributed by atoms with van der Waals surface area (Å²) >= 11 is 0. The van der Waals surface area contributed by atoms with E-state index >= 15 is 0 Å². The molecule has 4 heteroatoms. The van der Waals surface area contributed by atoms with E-state index in [2.05, 4.69) is 30.4 Å². The lowest BCUT2D eigenvalue weighted by molar-refractivity contribution is -0.121. The third-order valence-electron chi connectivity index (χ3n) is 3.45. The molecule has 2 rings (SSSR count). The van der Waals surface area contributed by atoms with E-state index in [0.29, 0.717) is 13.0 Å². The first-order valence-electron chi connectivity index (χ1n) is 7.28. The molecule has 118 valence electrons. The summed E-state index contributed by atoms with van der Waals surface area (Å²) in [4.78, 5) is 11.9. The Morgan fingerprint density at radius 3 is 2.55 bits per heavy atom. The van der Waals surface area contributed by atoms with E-state index in [9.17, 15) is 4.79 Å². The standard InChI is InChI=1S/C18H22N2O.ClH/c1-14-6-5-7-15(12-14)10-11-20-18(21)13-17(19)16-8-3-2-4-9-16;/h2-9,12,17H,10-11,13,19H2,1H3,(H,20,21);1H. The number of carbonyl (C=O) groups excluding carboxylic acids is 1. The van der Waals surface area contributed by atoms with E-state index < -0.39 is 0 Å². The Bertz CT molecular complexity index is 587. The second-order valence-corrected chi connectivity index (χ2v) is 5.31. The van der Waals surface area contributed by atoms with Crippen LogP contribution in [0.4, 0.5) is 0 Å². The van der Waals surface area contributed by atoms with Crippen molar-refractivity contribution in [3.8, 4) is 0 Å². The molecule has 0 aromatic heterocycles. The van der Waals surface area contributed by atoms with Crippen molar-refractivity contribution in [1.29, 1.82) is 0 Å². The molecular formula is C18H23ClN2O. The van der Waals surface area contributed by atoms with Crippen LogP contribution >= 0.6 is 12.4 Å². The number of benzene rings is 2. The van der Waals surface area contributed by atoms with Crippen LogP contribution in [0.2, 0.25) is 0 Å². The van der Waals surface area contributed by atoms with Crippen LogP contribution < -0.4 is 11.1 Å². The maximum Gasteiger partial charge on any atom is 0.221 e. The molecule has 0 saturated carbocycles.